The van der Waals surface area contributed by atoms with Crippen LogP contribution in [0.5, 0.6) is 0 Å². The molecule has 0 aliphatic carbocycles. The van der Waals surface area contributed by atoms with Crippen molar-refractivity contribution in [3.05, 3.63) is 0 Å². The molecule has 116 valence electrons. The van der Waals surface area contributed by atoms with E-state index in [1.165, 1.54) is 24.6 Å². The van der Waals surface area contributed by atoms with Gasteiger partial charge in [0.25, 0.3) is 0 Å². The van der Waals surface area contributed by atoms with Gasteiger partial charge in [-0.3, -0.25) is 0 Å². The van der Waals surface area contributed by atoms with Crippen molar-refractivity contribution in [2.45, 2.75) is 64.1 Å². The van der Waals surface area contributed by atoms with Crippen LogP contribution in [0.3, 0.4) is 0 Å². The summed E-state index contributed by atoms with van der Waals surface area (Å²) in [5.41, 5.74) is 0. The standard InChI is InChI=1S/C8H20Si.C6H10O3.H2O/c1-5-8-9(4,6-2)7-3;1(5-3-8-5)7-2-6-4-9-6;/h5-8H2,1-4H3;5-6H,1-4H2;1H2. The van der Waals surface area contributed by atoms with Crippen LogP contribution in [0.1, 0.15) is 27.2 Å². The first-order chi connectivity index (χ1) is 8.63. The van der Waals surface area contributed by atoms with Gasteiger partial charge in [0.05, 0.1) is 26.4 Å². The first-order valence-corrected chi connectivity index (χ1v) is 10.6. The largest absolute Gasteiger partial charge is 0.412 e. The van der Waals surface area contributed by atoms with Gasteiger partial charge in [0.2, 0.25) is 0 Å². The fourth-order valence-electron chi connectivity index (χ4n) is 1.87. The Morgan fingerprint density at radius 2 is 1.42 bits per heavy atom. The van der Waals surface area contributed by atoms with E-state index in [0.29, 0.717) is 12.2 Å². The molecule has 2 atom stereocenters. The van der Waals surface area contributed by atoms with Crippen molar-refractivity contribution < 1.29 is 19.7 Å². The third-order valence-electron chi connectivity index (χ3n) is 3.97. The second kappa shape index (κ2) is 9.88. The fraction of sp³-hybridized carbons (Fsp3) is 1.00. The maximum absolute atomic E-state index is 5.23. The zero-order chi connectivity index (χ0) is 13.4. The molecule has 0 radical (unpaired) electrons. The van der Waals surface area contributed by atoms with E-state index >= 15 is 0 Å². The van der Waals surface area contributed by atoms with Gasteiger partial charge in [0.15, 0.2) is 0 Å². The molecule has 0 aromatic carbocycles. The predicted molar refractivity (Wildman–Crippen MR) is 81.6 cm³/mol. The molecule has 0 aromatic heterocycles. The van der Waals surface area contributed by atoms with E-state index < -0.39 is 8.07 Å². The summed E-state index contributed by atoms with van der Waals surface area (Å²) in [5.74, 6) is 0. The second-order valence-corrected chi connectivity index (χ2v) is 11.3. The van der Waals surface area contributed by atoms with Crippen molar-refractivity contribution in [3.63, 3.8) is 0 Å². The molecule has 2 heterocycles. The highest BCUT2D eigenvalue weighted by atomic mass is 28.3. The van der Waals surface area contributed by atoms with Gasteiger partial charge in [0.1, 0.15) is 12.2 Å². The van der Waals surface area contributed by atoms with Crippen molar-refractivity contribution in [1.29, 1.82) is 0 Å². The lowest BCUT2D eigenvalue weighted by molar-refractivity contribution is 0.102. The smallest absolute Gasteiger partial charge is 0.104 e. The van der Waals surface area contributed by atoms with Crippen LogP contribution in [0, 0.1) is 0 Å². The van der Waals surface area contributed by atoms with Crippen molar-refractivity contribution in [2.24, 2.45) is 0 Å². The maximum Gasteiger partial charge on any atom is 0.104 e. The molecule has 2 saturated heterocycles. The highest BCUT2D eigenvalue weighted by molar-refractivity contribution is 6.78. The molecule has 0 amide bonds. The summed E-state index contributed by atoms with van der Waals surface area (Å²) < 4.78 is 15.1. The Morgan fingerprint density at radius 1 is 1.00 bits per heavy atom. The molecule has 2 unspecified atom stereocenters. The second-order valence-electron chi connectivity index (χ2n) is 5.72. The Kier molecular flexibility index (Phi) is 9.91. The molecule has 4 nitrogen and oxygen atoms in total. The van der Waals surface area contributed by atoms with Gasteiger partial charge in [0, 0.05) is 8.07 Å². The molecule has 0 aromatic rings. The molecule has 0 saturated carbocycles. The van der Waals surface area contributed by atoms with E-state index in [1.807, 2.05) is 0 Å². The molecule has 2 aliphatic rings. The third-order valence-corrected chi connectivity index (χ3v) is 9.09. The molecule has 0 bridgehead atoms. The average molecular weight is 292 g/mol. The Balaban J connectivity index is 0.000000324. The van der Waals surface area contributed by atoms with Crippen LogP contribution in [0.4, 0.5) is 0 Å². The van der Waals surface area contributed by atoms with Gasteiger partial charge < -0.3 is 19.7 Å². The number of epoxide rings is 2. The van der Waals surface area contributed by atoms with Crippen LogP contribution in [0.2, 0.25) is 24.7 Å². The Labute approximate surface area is 119 Å². The minimum Gasteiger partial charge on any atom is -0.412 e. The summed E-state index contributed by atoms with van der Waals surface area (Å²) in [4.78, 5) is 0. The first kappa shape index (κ1) is 19.1. The highest BCUT2D eigenvalue weighted by Crippen LogP contribution is 2.20. The van der Waals surface area contributed by atoms with Crippen LogP contribution < -0.4 is 0 Å². The molecule has 2 aliphatic heterocycles. The first-order valence-electron chi connectivity index (χ1n) is 7.44. The topological polar surface area (TPSA) is 65.8 Å². The zero-order valence-corrected chi connectivity index (χ0v) is 14.0. The van der Waals surface area contributed by atoms with Crippen LogP contribution in [0.15, 0.2) is 0 Å². The minimum atomic E-state index is -0.697. The van der Waals surface area contributed by atoms with Crippen molar-refractivity contribution in [2.75, 3.05) is 26.4 Å². The van der Waals surface area contributed by atoms with Crippen LogP contribution in [-0.2, 0) is 14.2 Å². The van der Waals surface area contributed by atoms with E-state index in [9.17, 15) is 0 Å². The quantitative estimate of drug-likeness (QED) is 0.510. The summed E-state index contributed by atoms with van der Waals surface area (Å²) in [6, 6.07) is 4.47. The number of hydrogen-bond donors (Lipinski definition) is 0. The van der Waals surface area contributed by atoms with Crippen molar-refractivity contribution in [1.82, 2.24) is 0 Å². The summed E-state index contributed by atoms with van der Waals surface area (Å²) in [6.45, 7) is 12.8. The molecule has 5 heteroatoms. The van der Waals surface area contributed by atoms with Gasteiger partial charge >= 0.3 is 0 Å². The van der Waals surface area contributed by atoms with Gasteiger partial charge in [-0.2, -0.15) is 0 Å². The van der Waals surface area contributed by atoms with Gasteiger partial charge in [-0.25, -0.2) is 0 Å². The lowest BCUT2D eigenvalue weighted by Crippen LogP contribution is -2.26. The maximum atomic E-state index is 5.23. The SMILES string of the molecule is C(OCC1CO1)C1CO1.CCC[Si](C)(CC)CC.O. The lowest BCUT2D eigenvalue weighted by Gasteiger charge is -2.22. The Bertz CT molecular complexity index is 201. The molecule has 2 fully saturated rings. The zero-order valence-electron chi connectivity index (χ0n) is 13.0. The monoisotopic (exact) mass is 292 g/mol. The average Bonchev–Trinajstić information content (AvgIpc) is 3.24. The summed E-state index contributed by atoms with van der Waals surface area (Å²) in [7, 11) is -0.697. The minimum absolute atomic E-state index is 0. The van der Waals surface area contributed by atoms with Gasteiger partial charge in [-0.05, 0) is 0 Å². The van der Waals surface area contributed by atoms with E-state index in [2.05, 4.69) is 27.3 Å². The van der Waals surface area contributed by atoms with E-state index in [0.717, 1.165) is 26.4 Å². The number of hydrogen-bond acceptors (Lipinski definition) is 3. The van der Waals surface area contributed by atoms with Crippen LogP contribution >= 0.6 is 0 Å². The Morgan fingerprint density at radius 3 is 1.63 bits per heavy atom. The molecule has 2 N–H and O–H groups in total. The van der Waals surface area contributed by atoms with E-state index in [4.69, 9.17) is 14.2 Å². The predicted octanol–water partition coefficient (Wildman–Crippen LogP) is 2.49. The van der Waals surface area contributed by atoms with Crippen LogP contribution in [0.25, 0.3) is 0 Å². The third kappa shape index (κ3) is 9.57. The van der Waals surface area contributed by atoms with E-state index in [1.54, 1.807) is 0 Å². The van der Waals surface area contributed by atoms with Crippen LogP contribution in [-0.4, -0.2) is 52.2 Å². The normalized spacial score (nSPS) is 24.0. The summed E-state index contributed by atoms with van der Waals surface area (Å²) in [5, 5.41) is 0. The Hall–Kier alpha value is 0.0569. The summed E-state index contributed by atoms with van der Waals surface area (Å²) in [6.07, 6.45) is 2.18. The van der Waals surface area contributed by atoms with Crippen molar-refractivity contribution >= 4 is 8.07 Å². The van der Waals surface area contributed by atoms with E-state index in [-0.39, 0.29) is 5.48 Å². The fourth-order valence-corrected chi connectivity index (χ4v) is 4.28. The highest BCUT2D eigenvalue weighted by Gasteiger charge is 2.26. The lowest BCUT2D eigenvalue weighted by atomic mass is 10.5. The molecule has 19 heavy (non-hydrogen) atoms. The summed E-state index contributed by atoms with van der Waals surface area (Å²) >= 11 is 0. The molecular weight excluding hydrogens is 260 g/mol. The molecular formula is C14H32O4Si. The number of ether oxygens (including phenoxy) is 3. The van der Waals surface area contributed by atoms with Gasteiger partial charge in [-0.15, -0.1) is 0 Å². The molecule has 0 spiro atoms. The van der Waals surface area contributed by atoms with Crippen molar-refractivity contribution in [3.8, 4) is 0 Å². The molecule has 2 rings (SSSR count). The van der Waals surface area contributed by atoms with Gasteiger partial charge in [-0.1, -0.05) is 51.9 Å². The number of rotatable bonds is 8.